The maximum absolute atomic E-state index is 15.0. The molecule has 0 aliphatic rings. The van der Waals surface area contributed by atoms with Crippen molar-refractivity contribution >= 4 is 24.0 Å². The number of hydrogen-bond acceptors (Lipinski definition) is 6. The summed E-state index contributed by atoms with van der Waals surface area (Å²) in [5.41, 5.74) is 2.60. The summed E-state index contributed by atoms with van der Waals surface area (Å²) in [4.78, 5) is 2.01. The van der Waals surface area contributed by atoms with Crippen LogP contribution in [-0.2, 0) is 9.09 Å². The summed E-state index contributed by atoms with van der Waals surface area (Å²) in [6.07, 6.45) is 0.803. The van der Waals surface area contributed by atoms with Gasteiger partial charge >= 0.3 is 0 Å². The summed E-state index contributed by atoms with van der Waals surface area (Å²) in [5, 5.41) is 4.15. The van der Waals surface area contributed by atoms with Gasteiger partial charge in [0.1, 0.15) is 17.3 Å². The van der Waals surface area contributed by atoms with Gasteiger partial charge in [0.15, 0.2) is 0 Å². The van der Waals surface area contributed by atoms with Gasteiger partial charge < -0.3 is 24.2 Å². The monoisotopic (exact) mass is 496 g/mol. The maximum atomic E-state index is 15.0. The Morgan fingerprint density at radius 3 is 2.17 bits per heavy atom. The van der Waals surface area contributed by atoms with Crippen molar-refractivity contribution in [2.24, 2.45) is 5.92 Å². The number of nitrogens with zero attached hydrogens (tertiary/aromatic N) is 1. The summed E-state index contributed by atoms with van der Waals surface area (Å²) in [7, 11) is 3.69. The Hall–Kier alpha value is -2.95. The Morgan fingerprint density at radius 2 is 1.60 bits per heavy atom. The third kappa shape index (κ3) is 6.59. The summed E-state index contributed by atoms with van der Waals surface area (Å²) < 4.78 is 32.5. The Morgan fingerprint density at radius 1 is 0.914 bits per heavy atom. The first kappa shape index (κ1) is 26.7. The quantitative estimate of drug-likeness (QED) is 0.287. The van der Waals surface area contributed by atoms with Crippen molar-refractivity contribution in [2.45, 2.75) is 26.1 Å². The molecule has 0 aromatic heterocycles. The third-order valence-corrected chi connectivity index (χ3v) is 8.53. The van der Waals surface area contributed by atoms with E-state index < -0.39 is 13.2 Å². The van der Waals surface area contributed by atoms with E-state index in [9.17, 15) is 0 Å². The number of hydrogen-bond donors (Lipinski definition) is 1. The van der Waals surface area contributed by atoms with Gasteiger partial charge in [0.05, 0.1) is 20.8 Å². The number of rotatable bonds is 12. The van der Waals surface area contributed by atoms with Crippen LogP contribution in [0.1, 0.15) is 31.6 Å². The highest BCUT2D eigenvalue weighted by Gasteiger charge is 2.39. The molecule has 3 aromatic carbocycles. The van der Waals surface area contributed by atoms with Gasteiger partial charge in [-0.15, -0.1) is 0 Å². The zero-order valence-electron chi connectivity index (χ0n) is 21.5. The van der Waals surface area contributed by atoms with Crippen LogP contribution >= 0.6 is 7.37 Å². The molecule has 3 aromatic rings. The topological polar surface area (TPSA) is 60.0 Å². The molecule has 0 saturated heterocycles. The molecule has 3 rings (SSSR count). The number of ether oxygens (including phenoxy) is 2. The summed E-state index contributed by atoms with van der Waals surface area (Å²) in [6, 6.07) is 23.1. The van der Waals surface area contributed by atoms with E-state index in [1.807, 2.05) is 91.8 Å². The molecular weight excluding hydrogens is 459 g/mol. The van der Waals surface area contributed by atoms with Crippen LogP contribution in [0.3, 0.4) is 0 Å². The van der Waals surface area contributed by atoms with Crippen LogP contribution in [-0.4, -0.2) is 34.9 Å². The van der Waals surface area contributed by atoms with E-state index >= 15 is 4.57 Å². The molecule has 1 N–H and O–H groups in total. The Kier molecular flexibility index (Phi) is 9.25. The fourth-order valence-corrected chi connectivity index (χ4v) is 6.20. The van der Waals surface area contributed by atoms with E-state index in [-0.39, 0.29) is 0 Å². The lowest BCUT2D eigenvalue weighted by Crippen LogP contribution is -2.22. The van der Waals surface area contributed by atoms with Gasteiger partial charge in [0, 0.05) is 42.4 Å². The number of nitrogens with one attached hydrogen (secondary N) is 1. The van der Waals surface area contributed by atoms with Crippen molar-refractivity contribution < 1.29 is 18.6 Å². The number of methoxy groups -OCH3 is 2. The Bertz CT molecular complexity index is 1120. The van der Waals surface area contributed by atoms with E-state index in [0.717, 1.165) is 23.4 Å². The molecule has 0 aliphatic heterocycles. The molecule has 2 atom stereocenters. The molecule has 0 spiro atoms. The summed E-state index contributed by atoms with van der Waals surface area (Å²) in [5.74, 6) is 0.990. The van der Waals surface area contributed by atoms with Gasteiger partial charge in [-0.3, -0.25) is 4.57 Å². The van der Waals surface area contributed by atoms with Crippen molar-refractivity contribution in [1.82, 2.24) is 0 Å². The smallest absolute Gasteiger partial charge is 0.258 e. The van der Waals surface area contributed by atoms with Crippen molar-refractivity contribution in [3.8, 4) is 11.5 Å². The van der Waals surface area contributed by atoms with Crippen molar-refractivity contribution in [3.63, 3.8) is 0 Å². The van der Waals surface area contributed by atoms with Gasteiger partial charge in [-0.25, -0.2) is 0 Å². The molecule has 6 nitrogen and oxygen atoms in total. The standard InChI is InChI=1S/C28H37N2O4P/c1-21(2)18-19-34-35(31,25-15-12-23(13-16-25)30(3)4)28(29-22-10-8-7-9-11-22)26-17-14-24(32-5)20-27(26)33-6/h7-17,20-21,28-29H,18-19H2,1-6H3. The highest BCUT2D eigenvalue weighted by atomic mass is 31.2. The molecule has 0 heterocycles. The third-order valence-electron chi connectivity index (χ3n) is 5.86. The second-order valence-corrected chi connectivity index (χ2v) is 11.5. The van der Waals surface area contributed by atoms with Gasteiger partial charge in [-0.05, 0) is 60.9 Å². The minimum atomic E-state index is -3.49. The van der Waals surface area contributed by atoms with Gasteiger partial charge in [-0.2, -0.15) is 0 Å². The molecule has 2 unspecified atom stereocenters. The molecule has 0 saturated carbocycles. The predicted octanol–water partition coefficient (Wildman–Crippen LogP) is 6.55. The molecule has 0 radical (unpaired) electrons. The number of anilines is 2. The molecule has 0 amide bonds. The van der Waals surface area contributed by atoms with E-state index in [1.165, 1.54) is 0 Å². The normalized spacial score (nSPS) is 13.7. The molecule has 0 fully saturated rings. The van der Waals surface area contributed by atoms with E-state index in [0.29, 0.717) is 29.3 Å². The number of para-hydroxylation sites is 1. The molecule has 7 heteroatoms. The highest BCUT2D eigenvalue weighted by molar-refractivity contribution is 7.67. The molecule has 188 valence electrons. The van der Waals surface area contributed by atoms with Crippen molar-refractivity contribution in [1.29, 1.82) is 0 Å². The summed E-state index contributed by atoms with van der Waals surface area (Å²) >= 11 is 0. The van der Waals surface area contributed by atoms with Gasteiger partial charge in [0.25, 0.3) is 7.37 Å². The Balaban J connectivity index is 2.17. The first-order chi connectivity index (χ1) is 16.8. The van der Waals surface area contributed by atoms with Crippen molar-refractivity contribution in [3.05, 3.63) is 78.4 Å². The zero-order chi connectivity index (χ0) is 25.4. The largest absolute Gasteiger partial charge is 0.497 e. The molecule has 0 aliphatic carbocycles. The minimum Gasteiger partial charge on any atom is -0.497 e. The van der Waals surface area contributed by atoms with Crippen LogP contribution in [0.4, 0.5) is 11.4 Å². The molecular formula is C28H37N2O4P. The van der Waals surface area contributed by atoms with Crippen LogP contribution in [0, 0.1) is 5.92 Å². The fraction of sp³-hybridized carbons (Fsp3) is 0.357. The van der Waals surface area contributed by atoms with Crippen LogP contribution < -0.4 is 25.0 Å². The first-order valence-corrected chi connectivity index (χ1v) is 13.5. The second kappa shape index (κ2) is 12.1. The van der Waals surface area contributed by atoms with Crippen LogP contribution in [0.2, 0.25) is 0 Å². The molecule has 0 bridgehead atoms. The maximum Gasteiger partial charge on any atom is 0.258 e. The SMILES string of the molecule is COc1ccc(C(Nc2ccccc2)P(=O)(OCCC(C)C)c2ccc(N(C)C)cc2)c(OC)c1. The average molecular weight is 497 g/mol. The van der Waals surface area contributed by atoms with Crippen molar-refractivity contribution in [2.75, 3.05) is 45.1 Å². The van der Waals surface area contributed by atoms with Gasteiger partial charge in [0.2, 0.25) is 0 Å². The number of benzene rings is 3. The lowest BCUT2D eigenvalue weighted by atomic mass is 10.1. The summed E-state index contributed by atoms with van der Waals surface area (Å²) in [6.45, 7) is 4.65. The van der Waals surface area contributed by atoms with E-state index in [1.54, 1.807) is 14.2 Å². The van der Waals surface area contributed by atoms with Crippen LogP contribution in [0.15, 0.2) is 72.8 Å². The minimum absolute atomic E-state index is 0.385. The molecule has 35 heavy (non-hydrogen) atoms. The highest BCUT2D eigenvalue weighted by Crippen LogP contribution is 2.60. The predicted molar refractivity (Wildman–Crippen MR) is 146 cm³/mol. The van der Waals surface area contributed by atoms with Crippen LogP contribution in [0.5, 0.6) is 11.5 Å². The first-order valence-electron chi connectivity index (χ1n) is 11.8. The van der Waals surface area contributed by atoms with E-state index in [2.05, 4.69) is 19.2 Å². The second-order valence-electron chi connectivity index (χ2n) is 9.04. The Labute approximate surface area is 209 Å². The van der Waals surface area contributed by atoms with Gasteiger partial charge in [-0.1, -0.05) is 32.0 Å². The van der Waals surface area contributed by atoms with Crippen LogP contribution in [0.25, 0.3) is 0 Å². The lowest BCUT2D eigenvalue weighted by Gasteiger charge is -2.31. The fourth-order valence-electron chi connectivity index (χ4n) is 3.76. The zero-order valence-corrected chi connectivity index (χ0v) is 22.4. The average Bonchev–Trinajstić information content (AvgIpc) is 2.87. The van der Waals surface area contributed by atoms with E-state index in [4.69, 9.17) is 14.0 Å². The lowest BCUT2D eigenvalue weighted by molar-refractivity contribution is 0.289.